The first-order valence-corrected chi connectivity index (χ1v) is 5.48. The zero-order valence-electron chi connectivity index (χ0n) is 9.53. The van der Waals surface area contributed by atoms with Crippen LogP contribution in [0.1, 0.15) is 18.9 Å². The monoisotopic (exact) mass is 236 g/mol. The van der Waals surface area contributed by atoms with Crippen molar-refractivity contribution in [3.63, 3.8) is 0 Å². The molecule has 1 aliphatic heterocycles. The Bertz CT molecular complexity index is 469. The lowest BCUT2D eigenvalue weighted by molar-refractivity contribution is -0.150. The highest BCUT2D eigenvalue weighted by molar-refractivity contribution is 6.04. The van der Waals surface area contributed by atoms with Crippen LogP contribution < -0.4 is 0 Å². The largest absolute Gasteiger partial charge is 0.465 e. The fourth-order valence-electron chi connectivity index (χ4n) is 2.13. The number of rotatable bonds is 3. The van der Waals surface area contributed by atoms with Gasteiger partial charge in [-0.1, -0.05) is 18.2 Å². The number of hydrogen-bond donors (Lipinski definition) is 0. The number of carbonyl (C=O) groups is 2. The van der Waals surface area contributed by atoms with E-state index in [1.54, 1.807) is 18.2 Å². The lowest BCUT2D eigenvalue weighted by Crippen LogP contribution is -2.36. The molecule has 17 heavy (non-hydrogen) atoms. The lowest BCUT2D eigenvalue weighted by Gasteiger charge is -2.21. The molecule has 1 heterocycles. The average Bonchev–Trinajstić information content (AvgIpc) is 2.65. The van der Waals surface area contributed by atoms with E-state index in [0.717, 1.165) is 0 Å². The fourth-order valence-corrected chi connectivity index (χ4v) is 2.13. The van der Waals surface area contributed by atoms with Gasteiger partial charge in [-0.2, -0.15) is 0 Å². The maximum atomic E-state index is 13.5. The maximum Gasteiger partial charge on any atom is 0.320 e. The normalized spacial score (nSPS) is 23.5. The van der Waals surface area contributed by atoms with Crippen molar-refractivity contribution in [1.29, 1.82) is 0 Å². The van der Waals surface area contributed by atoms with Gasteiger partial charge in [0, 0.05) is 6.42 Å². The smallest absolute Gasteiger partial charge is 0.320 e. The summed E-state index contributed by atoms with van der Waals surface area (Å²) >= 11 is 0. The molecular weight excluding hydrogens is 223 g/mol. The van der Waals surface area contributed by atoms with Crippen LogP contribution in [0.3, 0.4) is 0 Å². The molecule has 0 radical (unpaired) electrons. The number of ether oxygens (including phenoxy) is 1. The molecule has 0 N–H and O–H groups in total. The molecule has 1 saturated heterocycles. The zero-order valence-corrected chi connectivity index (χ0v) is 9.53. The quantitative estimate of drug-likeness (QED) is 0.594. The fraction of sp³-hybridized carbons (Fsp3) is 0.385. The Kier molecular flexibility index (Phi) is 2.96. The number of halogens is 1. The van der Waals surface area contributed by atoms with Crippen LogP contribution in [-0.2, 0) is 20.7 Å². The van der Waals surface area contributed by atoms with E-state index in [1.165, 1.54) is 13.0 Å². The van der Waals surface area contributed by atoms with Gasteiger partial charge in [-0.25, -0.2) is 4.39 Å². The van der Waals surface area contributed by atoms with Crippen LogP contribution in [0.4, 0.5) is 4.39 Å². The van der Waals surface area contributed by atoms with Crippen LogP contribution in [0.15, 0.2) is 24.3 Å². The topological polar surface area (TPSA) is 43.4 Å². The molecule has 90 valence electrons. The molecule has 0 bridgehead atoms. The minimum Gasteiger partial charge on any atom is -0.465 e. The molecule has 0 amide bonds. The first-order valence-electron chi connectivity index (χ1n) is 5.48. The molecule has 4 heteroatoms. The average molecular weight is 236 g/mol. The van der Waals surface area contributed by atoms with E-state index in [4.69, 9.17) is 4.74 Å². The van der Waals surface area contributed by atoms with Gasteiger partial charge < -0.3 is 4.74 Å². The molecule has 1 atom stereocenters. The Balaban J connectivity index is 2.35. The standard InChI is InChI=1S/C13H13FO3/c1-9(15)13(6-7-17-12(13)16)8-10-4-2-3-5-11(10)14/h2-5H,6-8H2,1H3. The molecule has 1 fully saturated rings. The van der Waals surface area contributed by atoms with E-state index in [0.29, 0.717) is 12.0 Å². The number of ketones is 1. The number of benzene rings is 1. The van der Waals surface area contributed by atoms with Crippen molar-refractivity contribution in [2.24, 2.45) is 5.41 Å². The number of carbonyl (C=O) groups excluding carboxylic acids is 2. The lowest BCUT2D eigenvalue weighted by atomic mass is 9.77. The summed E-state index contributed by atoms with van der Waals surface area (Å²) in [6.07, 6.45) is 0.406. The first kappa shape index (κ1) is 11.8. The van der Waals surface area contributed by atoms with Gasteiger partial charge in [-0.3, -0.25) is 9.59 Å². The Labute approximate surface area is 98.6 Å². The van der Waals surface area contributed by atoms with Gasteiger partial charge in [0.15, 0.2) is 0 Å². The number of esters is 1. The van der Waals surface area contributed by atoms with Crippen molar-refractivity contribution < 1.29 is 18.7 Å². The maximum absolute atomic E-state index is 13.5. The van der Waals surface area contributed by atoms with Crippen LogP contribution in [0.25, 0.3) is 0 Å². The van der Waals surface area contributed by atoms with E-state index in [2.05, 4.69) is 0 Å². The summed E-state index contributed by atoms with van der Waals surface area (Å²) in [6.45, 7) is 1.58. The van der Waals surface area contributed by atoms with Gasteiger partial charge in [-0.15, -0.1) is 0 Å². The third kappa shape index (κ3) is 1.95. The molecular formula is C13H13FO3. The van der Waals surface area contributed by atoms with Gasteiger partial charge in [0.25, 0.3) is 0 Å². The van der Waals surface area contributed by atoms with Crippen molar-refractivity contribution in [3.05, 3.63) is 35.6 Å². The van der Waals surface area contributed by atoms with Gasteiger partial charge in [0.05, 0.1) is 6.61 Å². The third-order valence-corrected chi connectivity index (χ3v) is 3.28. The second-order valence-corrected chi connectivity index (χ2v) is 4.29. The van der Waals surface area contributed by atoms with Gasteiger partial charge in [0.2, 0.25) is 0 Å². The Morgan fingerprint density at radius 1 is 1.47 bits per heavy atom. The van der Waals surface area contributed by atoms with E-state index in [9.17, 15) is 14.0 Å². The number of hydrogen-bond acceptors (Lipinski definition) is 3. The number of Topliss-reactive ketones (excluding diaryl/α,β-unsaturated/α-hetero) is 1. The summed E-state index contributed by atoms with van der Waals surface area (Å²) in [7, 11) is 0. The third-order valence-electron chi connectivity index (χ3n) is 3.28. The molecule has 0 aliphatic carbocycles. The van der Waals surface area contributed by atoms with Crippen molar-refractivity contribution in [2.45, 2.75) is 19.8 Å². The summed E-state index contributed by atoms with van der Waals surface area (Å²) in [5.41, 5.74) is -0.816. The Hall–Kier alpha value is -1.71. The van der Waals surface area contributed by atoms with Crippen LogP contribution >= 0.6 is 0 Å². The van der Waals surface area contributed by atoms with Crippen LogP contribution in [0.5, 0.6) is 0 Å². The minimum absolute atomic E-state index is 0.0772. The van der Waals surface area contributed by atoms with Gasteiger partial charge in [0.1, 0.15) is 17.0 Å². The summed E-state index contributed by atoms with van der Waals surface area (Å²) in [4.78, 5) is 23.4. The Morgan fingerprint density at radius 2 is 2.18 bits per heavy atom. The summed E-state index contributed by atoms with van der Waals surface area (Å²) in [6, 6.07) is 6.17. The minimum atomic E-state index is -1.19. The molecule has 1 aromatic carbocycles. The van der Waals surface area contributed by atoms with E-state index in [1.807, 2.05) is 0 Å². The van der Waals surface area contributed by atoms with Gasteiger partial charge in [-0.05, 0) is 25.0 Å². The highest BCUT2D eigenvalue weighted by Crippen LogP contribution is 2.35. The van der Waals surface area contributed by atoms with E-state index in [-0.39, 0.29) is 18.8 Å². The molecule has 2 rings (SSSR count). The molecule has 1 unspecified atom stereocenters. The van der Waals surface area contributed by atoms with Crippen LogP contribution in [0, 0.1) is 11.2 Å². The summed E-state index contributed by atoms with van der Waals surface area (Å²) < 4.78 is 18.4. The predicted octanol–water partition coefficient (Wildman–Crippen LogP) is 1.89. The molecule has 1 aromatic rings. The van der Waals surface area contributed by atoms with Crippen LogP contribution in [-0.4, -0.2) is 18.4 Å². The van der Waals surface area contributed by atoms with Crippen LogP contribution in [0.2, 0.25) is 0 Å². The summed E-state index contributed by atoms with van der Waals surface area (Å²) in [5, 5.41) is 0. The highest BCUT2D eigenvalue weighted by Gasteiger charge is 2.49. The van der Waals surface area contributed by atoms with Crippen molar-refractivity contribution in [2.75, 3.05) is 6.61 Å². The molecule has 3 nitrogen and oxygen atoms in total. The predicted molar refractivity (Wildman–Crippen MR) is 58.8 cm³/mol. The van der Waals surface area contributed by atoms with E-state index >= 15 is 0 Å². The molecule has 0 aromatic heterocycles. The first-order chi connectivity index (χ1) is 8.06. The van der Waals surface area contributed by atoms with Crippen molar-refractivity contribution >= 4 is 11.8 Å². The Morgan fingerprint density at radius 3 is 2.71 bits per heavy atom. The zero-order chi connectivity index (χ0) is 12.5. The second-order valence-electron chi connectivity index (χ2n) is 4.29. The SMILES string of the molecule is CC(=O)C1(Cc2ccccc2F)CCOC1=O. The highest BCUT2D eigenvalue weighted by atomic mass is 19.1. The van der Waals surface area contributed by atoms with E-state index < -0.39 is 17.2 Å². The molecule has 1 aliphatic rings. The second kappa shape index (κ2) is 4.28. The molecule has 0 spiro atoms. The van der Waals surface area contributed by atoms with Crippen molar-refractivity contribution in [1.82, 2.24) is 0 Å². The summed E-state index contributed by atoms with van der Waals surface area (Å²) in [5.74, 6) is -1.19. The van der Waals surface area contributed by atoms with Gasteiger partial charge >= 0.3 is 5.97 Å². The molecule has 0 saturated carbocycles. The number of cyclic esters (lactones) is 1. The van der Waals surface area contributed by atoms with Crippen molar-refractivity contribution in [3.8, 4) is 0 Å².